The Bertz CT molecular complexity index is 1300. The van der Waals surface area contributed by atoms with Crippen molar-refractivity contribution in [1.82, 2.24) is 24.6 Å². The molecule has 0 radical (unpaired) electrons. The Morgan fingerprint density at radius 1 is 1.25 bits per heavy atom. The van der Waals surface area contributed by atoms with Crippen LogP contribution in [0.3, 0.4) is 0 Å². The molecule has 1 aromatic carbocycles. The van der Waals surface area contributed by atoms with Crippen molar-refractivity contribution in [3.05, 3.63) is 45.7 Å². The number of carbonyl (C=O) groups is 1. The van der Waals surface area contributed by atoms with Crippen LogP contribution in [0.2, 0.25) is 10.0 Å². The second-order valence-electron chi connectivity index (χ2n) is 9.99. The van der Waals surface area contributed by atoms with Crippen molar-refractivity contribution < 1.29 is 15.0 Å². The standard InChI is InChI=1S/C25H30Cl2N6O3/c1-13-11-31(7-6-20(13)32-12-17(34)9-21(32)25(35)36)22-10-28-23-14(2)30-33(24(23)29-22)15(3)18-5-4-16(26)8-19(18)27/h4-5,8,10,13,15,17,20-21,34H,6-7,9,11-12H2,1-3H3,(H,35,36)/t13-,15-,17-,20+,21+/m1/s1. The minimum atomic E-state index is -0.865. The number of benzene rings is 1. The van der Waals surface area contributed by atoms with Gasteiger partial charge in [0.25, 0.3) is 0 Å². The van der Waals surface area contributed by atoms with E-state index in [4.69, 9.17) is 38.3 Å². The van der Waals surface area contributed by atoms with Crippen LogP contribution in [0.1, 0.15) is 44.0 Å². The van der Waals surface area contributed by atoms with Crippen LogP contribution in [0.5, 0.6) is 0 Å². The number of fused-ring (bicyclic) bond motifs is 1. The Kier molecular flexibility index (Phi) is 6.84. The SMILES string of the molecule is Cc1nn([C@H](C)c2ccc(Cl)cc2Cl)c2nc(N3CC[C@H](N4C[C@H](O)C[C@H]4C(=O)O)[C@H](C)C3)cnc12. The molecule has 4 heterocycles. The number of aliphatic hydroxyl groups is 1. The summed E-state index contributed by atoms with van der Waals surface area (Å²) in [6, 6.07) is 4.74. The molecule has 0 aliphatic carbocycles. The van der Waals surface area contributed by atoms with Crippen molar-refractivity contribution in [3.63, 3.8) is 0 Å². The number of carboxylic acids is 1. The number of aryl methyl sites for hydroxylation is 1. The molecule has 5 atom stereocenters. The fourth-order valence-electron chi connectivity index (χ4n) is 5.72. The van der Waals surface area contributed by atoms with E-state index in [1.165, 1.54) is 0 Å². The molecule has 36 heavy (non-hydrogen) atoms. The molecule has 192 valence electrons. The Morgan fingerprint density at radius 2 is 2.03 bits per heavy atom. The quantitative estimate of drug-likeness (QED) is 0.510. The topological polar surface area (TPSA) is 108 Å². The van der Waals surface area contributed by atoms with Gasteiger partial charge in [0.15, 0.2) is 5.65 Å². The van der Waals surface area contributed by atoms with Crippen LogP contribution >= 0.6 is 23.2 Å². The van der Waals surface area contributed by atoms with E-state index >= 15 is 0 Å². The Morgan fingerprint density at radius 3 is 2.72 bits per heavy atom. The van der Waals surface area contributed by atoms with Crippen LogP contribution < -0.4 is 4.90 Å². The van der Waals surface area contributed by atoms with E-state index in [0.29, 0.717) is 22.2 Å². The number of halogens is 2. The van der Waals surface area contributed by atoms with Gasteiger partial charge in [0.05, 0.1) is 24.0 Å². The molecule has 0 amide bonds. The Labute approximate surface area is 219 Å². The molecule has 2 aliphatic heterocycles. The smallest absolute Gasteiger partial charge is 0.321 e. The zero-order valence-electron chi connectivity index (χ0n) is 20.5. The van der Waals surface area contributed by atoms with Gasteiger partial charge in [0, 0.05) is 42.1 Å². The molecule has 11 heteroatoms. The van der Waals surface area contributed by atoms with Gasteiger partial charge < -0.3 is 15.1 Å². The van der Waals surface area contributed by atoms with Crippen molar-refractivity contribution in [1.29, 1.82) is 0 Å². The van der Waals surface area contributed by atoms with Crippen molar-refractivity contribution >= 4 is 46.2 Å². The monoisotopic (exact) mass is 532 g/mol. The van der Waals surface area contributed by atoms with Gasteiger partial charge in [0.2, 0.25) is 0 Å². The first-order chi connectivity index (χ1) is 17.1. The molecule has 2 saturated heterocycles. The average Bonchev–Trinajstić information content (AvgIpc) is 3.38. The first kappa shape index (κ1) is 25.2. The summed E-state index contributed by atoms with van der Waals surface area (Å²) in [5.41, 5.74) is 3.12. The molecule has 0 spiro atoms. The second-order valence-corrected chi connectivity index (χ2v) is 10.8. The van der Waals surface area contributed by atoms with Crippen LogP contribution in [0.4, 0.5) is 5.82 Å². The molecule has 0 saturated carbocycles. The molecule has 5 rings (SSSR count). The van der Waals surface area contributed by atoms with Gasteiger partial charge in [-0.2, -0.15) is 5.10 Å². The number of likely N-dealkylation sites (tertiary alicyclic amines) is 1. The van der Waals surface area contributed by atoms with Crippen molar-refractivity contribution in [2.45, 2.75) is 57.8 Å². The van der Waals surface area contributed by atoms with Crippen LogP contribution in [0.25, 0.3) is 11.2 Å². The summed E-state index contributed by atoms with van der Waals surface area (Å²) in [5.74, 6) is 0.0949. The van der Waals surface area contributed by atoms with E-state index in [-0.39, 0.29) is 24.4 Å². The summed E-state index contributed by atoms with van der Waals surface area (Å²) < 4.78 is 1.86. The number of hydrogen-bond donors (Lipinski definition) is 2. The van der Waals surface area contributed by atoms with Crippen LogP contribution in [-0.2, 0) is 4.79 Å². The number of piperidine rings is 1. The summed E-state index contributed by atoms with van der Waals surface area (Å²) in [6.07, 6.45) is 2.26. The predicted octanol–water partition coefficient (Wildman–Crippen LogP) is 3.79. The fraction of sp³-hybridized carbons (Fsp3) is 0.520. The summed E-state index contributed by atoms with van der Waals surface area (Å²) >= 11 is 12.6. The van der Waals surface area contributed by atoms with E-state index in [1.807, 2.05) is 35.6 Å². The third-order valence-electron chi connectivity index (χ3n) is 7.55. The van der Waals surface area contributed by atoms with Gasteiger partial charge in [-0.3, -0.25) is 9.69 Å². The van der Waals surface area contributed by atoms with Crippen LogP contribution in [0, 0.1) is 12.8 Å². The highest BCUT2D eigenvalue weighted by Gasteiger charge is 2.43. The maximum atomic E-state index is 11.7. The minimum absolute atomic E-state index is 0.0935. The number of carboxylic acid groups (broad SMARTS) is 1. The molecule has 2 aromatic heterocycles. The van der Waals surface area contributed by atoms with Gasteiger partial charge >= 0.3 is 5.97 Å². The maximum Gasteiger partial charge on any atom is 0.321 e. The molecular weight excluding hydrogens is 503 g/mol. The number of aliphatic hydroxyl groups excluding tert-OH is 1. The lowest BCUT2D eigenvalue weighted by atomic mass is 9.91. The largest absolute Gasteiger partial charge is 0.480 e. The second kappa shape index (κ2) is 9.78. The molecule has 9 nitrogen and oxygen atoms in total. The van der Waals surface area contributed by atoms with E-state index in [2.05, 4.69) is 11.8 Å². The molecular formula is C25H30Cl2N6O3. The van der Waals surface area contributed by atoms with E-state index < -0.39 is 18.1 Å². The lowest BCUT2D eigenvalue weighted by Crippen LogP contribution is -2.53. The molecule has 2 fully saturated rings. The van der Waals surface area contributed by atoms with E-state index in [1.54, 1.807) is 12.3 Å². The Hall–Kier alpha value is -2.46. The molecule has 0 unspecified atom stereocenters. The maximum absolute atomic E-state index is 11.7. The lowest BCUT2D eigenvalue weighted by Gasteiger charge is -2.42. The third kappa shape index (κ3) is 4.53. The summed E-state index contributed by atoms with van der Waals surface area (Å²) in [4.78, 5) is 25.6. The third-order valence-corrected chi connectivity index (χ3v) is 8.11. The Balaban J connectivity index is 1.40. The number of aliphatic carboxylic acids is 1. The number of β-amino-alcohol motifs (C(OH)–C–C–N with tert-alkyl or cyclic N) is 1. The number of hydrogen-bond acceptors (Lipinski definition) is 7. The van der Waals surface area contributed by atoms with Gasteiger partial charge in [0.1, 0.15) is 17.4 Å². The first-order valence-corrected chi connectivity index (χ1v) is 13.0. The van der Waals surface area contributed by atoms with Gasteiger partial charge in [-0.1, -0.05) is 36.2 Å². The van der Waals surface area contributed by atoms with E-state index in [9.17, 15) is 15.0 Å². The lowest BCUT2D eigenvalue weighted by molar-refractivity contribution is -0.143. The number of aromatic nitrogens is 4. The van der Waals surface area contributed by atoms with E-state index in [0.717, 1.165) is 42.1 Å². The fourth-order valence-corrected chi connectivity index (χ4v) is 6.28. The molecule has 3 aromatic rings. The van der Waals surface area contributed by atoms with Crippen molar-refractivity contribution in [2.75, 3.05) is 24.5 Å². The number of rotatable bonds is 5. The van der Waals surface area contributed by atoms with Crippen molar-refractivity contribution in [3.8, 4) is 0 Å². The average molecular weight is 533 g/mol. The molecule has 2 N–H and O–H groups in total. The van der Waals surface area contributed by atoms with Crippen molar-refractivity contribution in [2.24, 2.45) is 5.92 Å². The van der Waals surface area contributed by atoms with Crippen LogP contribution in [-0.4, -0.2) is 78.7 Å². The zero-order valence-corrected chi connectivity index (χ0v) is 22.0. The summed E-state index contributed by atoms with van der Waals surface area (Å²) in [6.45, 7) is 7.91. The zero-order chi connectivity index (χ0) is 25.7. The normalized spacial score (nSPS) is 26.0. The highest BCUT2D eigenvalue weighted by molar-refractivity contribution is 6.35. The van der Waals surface area contributed by atoms with Gasteiger partial charge in [-0.05, 0) is 43.9 Å². The number of nitrogens with zero attached hydrogens (tertiary/aromatic N) is 6. The number of anilines is 1. The van der Waals surface area contributed by atoms with Gasteiger partial charge in [-0.25, -0.2) is 14.6 Å². The first-order valence-electron chi connectivity index (χ1n) is 12.2. The highest BCUT2D eigenvalue weighted by Crippen LogP contribution is 2.33. The highest BCUT2D eigenvalue weighted by atomic mass is 35.5. The van der Waals surface area contributed by atoms with Gasteiger partial charge in [-0.15, -0.1) is 0 Å². The summed E-state index contributed by atoms with van der Waals surface area (Å²) in [7, 11) is 0. The summed E-state index contributed by atoms with van der Waals surface area (Å²) in [5, 5.41) is 25.6. The molecule has 0 bridgehead atoms. The molecule has 2 aliphatic rings. The minimum Gasteiger partial charge on any atom is -0.480 e. The predicted molar refractivity (Wildman–Crippen MR) is 139 cm³/mol. The van der Waals surface area contributed by atoms with Crippen LogP contribution in [0.15, 0.2) is 24.4 Å².